The molecule has 0 fully saturated rings. The van der Waals surface area contributed by atoms with Gasteiger partial charge in [-0.2, -0.15) is 0 Å². The van der Waals surface area contributed by atoms with E-state index in [1.54, 1.807) is 11.3 Å². The molecular formula is C9H11Cl2NS. The van der Waals surface area contributed by atoms with Crippen LogP contribution in [-0.4, -0.2) is 6.54 Å². The Morgan fingerprint density at radius 2 is 2.54 bits per heavy atom. The summed E-state index contributed by atoms with van der Waals surface area (Å²) >= 11 is 12.9. The summed E-state index contributed by atoms with van der Waals surface area (Å²) in [7, 11) is 0. The van der Waals surface area contributed by atoms with Gasteiger partial charge in [0.2, 0.25) is 0 Å². The molecule has 1 N–H and O–H groups in total. The van der Waals surface area contributed by atoms with Crippen molar-refractivity contribution in [2.45, 2.75) is 13.0 Å². The highest BCUT2D eigenvalue weighted by atomic mass is 35.5. The summed E-state index contributed by atoms with van der Waals surface area (Å²) in [6, 6.07) is 4.46. The Hall–Kier alpha value is -0.0200. The normalized spacial score (nSPS) is 14.5. The van der Waals surface area contributed by atoms with Crippen LogP contribution in [0.3, 0.4) is 0 Å². The number of rotatable bonds is 4. The van der Waals surface area contributed by atoms with Crippen LogP contribution in [0.1, 0.15) is 17.8 Å². The molecule has 1 rings (SSSR count). The average molecular weight is 236 g/mol. The summed E-state index contributed by atoms with van der Waals surface area (Å²) in [6.45, 7) is 2.72. The lowest BCUT2D eigenvalue weighted by molar-refractivity contribution is 0.624. The van der Waals surface area contributed by atoms with Gasteiger partial charge < -0.3 is 5.32 Å². The molecule has 0 radical (unpaired) electrons. The zero-order valence-corrected chi connectivity index (χ0v) is 9.59. The SMILES string of the molecule is C[C@H](NC/C(Cl)=C/Cl)c1cccs1. The molecule has 13 heavy (non-hydrogen) atoms. The molecule has 0 aliphatic heterocycles. The smallest absolute Gasteiger partial charge is 0.0432 e. The van der Waals surface area contributed by atoms with Gasteiger partial charge in [-0.05, 0) is 18.4 Å². The lowest BCUT2D eigenvalue weighted by Gasteiger charge is -2.10. The van der Waals surface area contributed by atoms with Crippen molar-refractivity contribution in [1.29, 1.82) is 0 Å². The first-order chi connectivity index (χ1) is 6.24. The Morgan fingerprint density at radius 1 is 1.77 bits per heavy atom. The Morgan fingerprint density at radius 3 is 3.08 bits per heavy atom. The van der Waals surface area contributed by atoms with E-state index in [2.05, 4.69) is 23.7 Å². The quantitative estimate of drug-likeness (QED) is 0.840. The third kappa shape index (κ3) is 3.69. The van der Waals surface area contributed by atoms with Crippen LogP contribution in [0.25, 0.3) is 0 Å². The molecule has 1 atom stereocenters. The van der Waals surface area contributed by atoms with E-state index in [9.17, 15) is 0 Å². The molecule has 0 saturated carbocycles. The second-order valence-corrected chi connectivity index (χ2v) is 4.36. The summed E-state index contributed by atoms with van der Waals surface area (Å²) < 4.78 is 0. The molecule has 0 unspecified atom stereocenters. The summed E-state index contributed by atoms with van der Waals surface area (Å²) in [5.41, 5.74) is 1.38. The van der Waals surface area contributed by atoms with Crippen LogP contribution < -0.4 is 5.32 Å². The van der Waals surface area contributed by atoms with E-state index in [1.807, 2.05) is 6.07 Å². The number of nitrogens with one attached hydrogen (secondary N) is 1. The minimum Gasteiger partial charge on any atom is -0.304 e. The van der Waals surface area contributed by atoms with Crippen molar-refractivity contribution in [3.05, 3.63) is 33.0 Å². The van der Waals surface area contributed by atoms with Gasteiger partial charge in [-0.15, -0.1) is 11.3 Å². The first-order valence-electron chi connectivity index (χ1n) is 3.95. The molecule has 4 heteroatoms. The van der Waals surface area contributed by atoms with Crippen molar-refractivity contribution >= 4 is 34.5 Å². The molecule has 1 nitrogen and oxygen atoms in total. The van der Waals surface area contributed by atoms with Crippen LogP contribution in [0, 0.1) is 0 Å². The fourth-order valence-corrected chi connectivity index (χ4v) is 1.84. The van der Waals surface area contributed by atoms with Crippen molar-refractivity contribution in [2.75, 3.05) is 6.54 Å². The van der Waals surface area contributed by atoms with E-state index >= 15 is 0 Å². The molecule has 72 valence electrons. The van der Waals surface area contributed by atoms with Crippen LogP contribution in [0.4, 0.5) is 0 Å². The number of hydrogen-bond acceptors (Lipinski definition) is 2. The van der Waals surface area contributed by atoms with Gasteiger partial charge in [0.1, 0.15) is 0 Å². The topological polar surface area (TPSA) is 12.0 Å². The molecule has 0 aromatic carbocycles. The molecule has 1 aromatic rings. The summed E-state index contributed by atoms with van der Waals surface area (Å²) in [6.07, 6.45) is 0. The van der Waals surface area contributed by atoms with Crippen LogP contribution in [0.15, 0.2) is 28.1 Å². The van der Waals surface area contributed by atoms with Gasteiger partial charge in [0.25, 0.3) is 0 Å². The minimum atomic E-state index is 0.324. The summed E-state index contributed by atoms with van der Waals surface area (Å²) in [5, 5.41) is 5.95. The van der Waals surface area contributed by atoms with Crippen molar-refractivity contribution in [3.63, 3.8) is 0 Å². The van der Waals surface area contributed by atoms with E-state index in [4.69, 9.17) is 23.2 Å². The Labute approximate surface area is 92.4 Å². The average Bonchev–Trinajstić information content (AvgIpc) is 2.66. The Bertz CT molecular complexity index is 269. The molecule has 0 spiro atoms. The van der Waals surface area contributed by atoms with Crippen LogP contribution in [-0.2, 0) is 0 Å². The van der Waals surface area contributed by atoms with Gasteiger partial charge >= 0.3 is 0 Å². The van der Waals surface area contributed by atoms with E-state index in [-0.39, 0.29) is 0 Å². The lowest BCUT2D eigenvalue weighted by atomic mass is 10.3. The van der Waals surface area contributed by atoms with Crippen LogP contribution >= 0.6 is 34.5 Å². The molecule has 0 saturated heterocycles. The van der Waals surface area contributed by atoms with E-state index in [0.717, 1.165) is 0 Å². The standard InChI is InChI=1S/C9H11Cl2NS/c1-7(9-3-2-4-13-9)12-6-8(11)5-10/h2-5,7,12H,6H2,1H3/b8-5-/t7-/m0/s1. The highest BCUT2D eigenvalue weighted by molar-refractivity contribution is 7.10. The van der Waals surface area contributed by atoms with Crippen molar-refractivity contribution < 1.29 is 0 Å². The summed E-state index contributed by atoms with van der Waals surface area (Å²) in [5.74, 6) is 0. The molecule has 1 heterocycles. The Kier molecular flexibility index (Phi) is 4.81. The predicted octanol–water partition coefficient (Wildman–Crippen LogP) is 3.72. The lowest BCUT2D eigenvalue weighted by Crippen LogP contribution is -2.18. The fraction of sp³-hybridized carbons (Fsp3) is 0.333. The Balaban J connectivity index is 2.38. The van der Waals surface area contributed by atoms with E-state index in [0.29, 0.717) is 17.6 Å². The predicted molar refractivity (Wildman–Crippen MR) is 60.5 cm³/mol. The monoisotopic (exact) mass is 235 g/mol. The first kappa shape index (κ1) is 11.1. The fourth-order valence-electron chi connectivity index (χ4n) is 0.927. The van der Waals surface area contributed by atoms with E-state index in [1.165, 1.54) is 10.4 Å². The minimum absolute atomic E-state index is 0.324. The molecule has 0 amide bonds. The molecule has 0 bridgehead atoms. The highest BCUT2D eigenvalue weighted by Crippen LogP contribution is 2.18. The maximum Gasteiger partial charge on any atom is 0.0432 e. The van der Waals surface area contributed by atoms with Gasteiger partial charge in [0, 0.05) is 28.0 Å². The number of halogens is 2. The summed E-state index contributed by atoms with van der Waals surface area (Å²) in [4.78, 5) is 1.30. The molecule has 1 aromatic heterocycles. The van der Waals surface area contributed by atoms with Gasteiger partial charge in [0.15, 0.2) is 0 Å². The maximum absolute atomic E-state index is 5.74. The molecule has 0 aliphatic carbocycles. The van der Waals surface area contributed by atoms with E-state index < -0.39 is 0 Å². The third-order valence-corrected chi connectivity index (χ3v) is 3.34. The first-order valence-corrected chi connectivity index (χ1v) is 5.65. The third-order valence-electron chi connectivity index (χ3n) is 1.67. The molecular weight excluding hydrogens is 225 g/mol. The molecule has 0 aliphatic rings. The van der Waals surface area contributed by atoms with Gasteiger partial charge in [-0.3, -0.25) is 0 Å². The van der Waals surface area contributed by atoms with Crippen molar-refractivity contribution in [2.24, 2.45) is 0 Å². The maximum atomic E-state index is 5.74. The van der Waals surface area contributed by atoms with Gasteiger partial charge in [-0.25, -0.2) is 0 Å². The zero-order chi connectivity index (χ0) is 9.68. The second kappa shape index (κ2) is 5.66. The zero-order valence-electron chi connectivity index (χ0n) is 7.26. The van der Waals surface area contributed by atoms with Crippen molar-refractivity contribution in [3.8, 4) is 0 Å². The van der Waals surface area contributed by atoms with Gasteiger partial charge in [-0.1, -0.05) is 29.3 Å². The number of thiophene rings is 1. The largest absolute Gasteiger partial charge is 0.304 e. The van der Waals surface area contributed by atoms with Crippen molar-refractivity contribution in [1.82, 2.24) is 5.32 Å². The highest BCUT2D eigenvalue weighted by Gasteiger charge is 2.04. The second-order valence-electron chi connectivity index (χ2n) is 2.67. The number of hydrogen-bond donors (Lipinski definition) is 1. The van der Waals surface area contributed by atoms with Crippen LogP contribution in [0.5, 0.6) is 0 Å². The van der Waals surface area contributed by atoms with Gasteiger partial charge in [0.05, 0.1) is 0 Å². The van der Waals surface area contributed by atoms with Crippen LogP contribution in [0.2, 0.25) is 0 Å².